The number of hydrogen-bond donors (Lipinski definition) is 0. The van der Waals surface area contributed by atoms with E-state index in [2.05, 4.69) is 45.0 Å². The molecule has 1 saturated heterocycles. The molecule has 31 heavy (non-hydrogen) atoms. The van der Waals surface area contributed by atoms with Crippen molar-refractivity contribution in [1.29, 1.82) is 0 Å². The van der Waals surface area contributed by atoms with E-state index >= 15 is 0 Å². The van der Waals surface area contributed by atoms with Gasteiger partial charge in [-0.2, -0.15) is 0 Å². The maximum absolute atomic E-state index is 14.5. The van der Waals surface area contributed by atoms with Crippen molar-refractivity contribution in [2.75, 3.05) is 13.2 Å². The van der Waals surface area contributed by atoms with Gasteiger partial charge in [-0.1, -0.05) is 71.2 Å². The van der Waals surface area contributed by atoms with Gasteiger partial charge in [0.2, 0.25) is 0 Å². The Hall–Kier alpha value is -0.930. The molecule has 1 saturated carbocycles. The lowest BCUT2D eigenvalue weighted by Crippen LogP contribution is -2.46. The second-order valence-electron chi connectivity index (χ2n) is 10.5. The SMILES string of the molecule is CCCC1CCC(c2ccc(C(C)CC[C@@H](C)C3OCC(F)(CCC)CO3)cc2)CC1. The van der Waals surface area contributed by atoms with Gasteiger partial charge >= 0.3 is 0 Å². The molecule has 2 atom stereocenters. The summed E-state index contributed by atoms with van der Waals surface area (Å²) in [7, 11) is 0. The molecule has 1 heterocycles. The molecule has 0 spiro atoms. The van der Waals surface area contributed by atoms with Crippen molar-refractivity contribution in [2.45, 2.75) is 116 Å². The number of benzene rings is 1. The van der Waals surface area contributed by atoms with E-state index in [1.807, 2.05) is 6.92 Å². The topological polar surface area (TPSA) is 18.5 Å². The Balaban J connectivity index is 1.42. The molecule has 1 aliphatic carbocycles. The maximum Gasteiger partial charge on any atom is 0.160 e. The highest BCUT2D eigenvalue weighted by Crippen LogP contribution is 2.38. The monoisotopic (exact) mass is 432 g/mol. The van der Waals surface area contributed by atoms with Crippen molar-refractivity contribution in [3.8, 4) is 0 Å². The Bertz CT molecular complexity index is 627. The lowest BCUT2D eigenvalue weighted by atomic mass is 9.77. The van der Waals surface area contributed by atoms with Crippen LogP contribution in [0.25, 0.3) is 0 Å². The van der Waals surface area contributed by atoms with Crippen molar-refractivity contribution in [1.82, 2.24) is 0 Å². The summed E-state index contributed by atoms with van der Waals surface area (Å²) in [5.74, 6) is 2.52. The van der Waals surface area contributed by atoms with Gasteiger partial charge in [0.1, 0.15) is 0 Å². The van der Waals surface area contributed by atoms with Gasteiger partial charge in [-0.25, -0.2) is 4.39 Å². The van der Waals surface area contributed by atoms with E-state index < -0.39 is 5.67 Å². The van der Waals surface area contributed by atoms with Crippen LogP contribution in [0, 0.1) is 11.8 Å². The average molecular weight is 433 g/mol. The lowest BCUT2D eigenvalue weighted by Gasteiger charge is -2.36. The third-order valence-electron chi connectivity index (χ3n) is 7.75. The van der Waals surface area contributed by atoms with Crippen LogP contribution in [0.4, 0.5) is 4.39 Å². The highest BCUT2D eigenvalue weighted by molar-refractivity contribution is 5.27. The zero-order valence-corrected chi connectivity index (χ0v) is 20.4. The second kappa shape index (κ2) is 11.8. The molecule has 1 aliphatic heterocycles. The smallest absolute Gasteiger partial charge is 0.160 e. The molecule has 1 aromatic carbocycles. The zero-order valence-electron chi connectivity index (χ0n) is 20.4. The van der Waals surface area contributed by atoms with Gasteiger partial charge in [-0.15, -0.1) is 0 Å². The number of rotatable bonds is 10. The largest absolute Gasteiger partial charge is 0.349 e. The first-order valence-corrected chi connectivity index (χ1v) is 13.0. The van der Waals surface area contributed by atoms with Crippen LogP contribution in [-0.4, -0.2) is 25.2 Å². The van der Waals surface area contributed by atoms with E-state index in [0.29, 0.717) is 12.3 Å². The summed E-state index contributed by atoms with van der Waals surface area (Å²) in [6, 6.07) is 9.45. The summed E-state index contributed by atoms with van der Waals surface area (Å²) in [4.78, 5) is 0. The van der Waals surface area contributed by atoms with Crippen molar-refractivity contribution in [2.24, 2.45) is 11.8 Å². The predicted octanol–water partition coefficient (Wildman–Crippen LogP) is 8.16. The minimum absolute atomic E-state index is 0.174. The average Bonchev–Trinajstić information content (AvgIpc) is 2.78. The first-order valence-electron chi connectivity index (χ1n) is 13.0. The van der Waals surface area contributed by atoms with Crippen molar-refractivity contribution in [3.63, 3.8) is 0 Å². The van der Waals surface area contributed by atoms with Crippen LogP contribution in [-0.2, 0) is 9.47 Å². The molecule has 0 amide bonds. The fourth-order valence-electron chi connectivity index (χ4n) is 5.58. The first kappa shape index (κ1) is 24.7. The molecule has 0 N–H and O–H groups in total. The normalized spacial score (nSPS) is 31.3. The summed E-state index contributed by atoms with van der Waals surface area (Å²) in [6.07, 6.45) is 11.5. The molecule has 1 aromatic rings. The molecule has 1 unspecified atom stereocenters. The molecule has 176 valence electrons. The molecule has 0 bridgehead atoms. The molecule has 2 nitrogen and oxygen atoms in total. The van der Waals surface area contributed by atoms with E-state index in [1.54, 1.807) is 0 Å². The van der Waals surface area contributed by atoms with Crippen LogP contribution in [0.3, 0.4) is 0 Å². The predicted molar refractivity (Wildman–Crippen MR) is 127 cm³/mol. The van der Waals surface area contributed by atoms with E-state index in [0.717, 1.165) is 31.1 Å². The maximum atomic E-state index is 14.5. The summed E-state index contributed by atoms with van der Waals surface area (Å²) in [5.41, 5.74) is 1.66. The van der Waals surface area contributed by atoms with E-state index in [4.69, 9.17) is 9.47 Å². The molecule has 0 aromatic heterocycles. The number of ether oxygens (including phenoxy) is 2. The summed E-state index contributed by atoms with van der Waals surface area (Å²) < 4.78 is 26.0. The van der Waals surface area contributed by atoms with Gasteiger partial charge in [-0.05, 0) is 73.8 Å². The standard InChI is InChI=1S/C28H45FO2/c1-5-7-23-10-12-25(13-11-23)26-16-14-24(15-17-26)21(3)8-9-22(4)27-30-19-28(29,18-6-2)20-31-27/h14-17,21-23,25,27H,5-13,18-20H2,1-4H3/t21?,22-,23?,25?,27?,28?/m1/s1. The van der Waals surface area contributed by atoms with Gasteiger partial charge in [0.05, 0.1) is 13.2 Å². The third kappa shape index (κ3) is 7.02. The van der Waals surface area contributed by atoms with Crippen LogP contribution in [0.1, 0.15) is 115 Å². The summed E-state index contributed by atoms with van der Waals surface area (Å²) >= 11 is 0. The first-order chi connectivity index (χ1) is 14.9. The quantitative estimate of drug-likeness (QED) is 0.371. The fourth-order valence-corrected chi connectivity index (χ4v) is 5.58. The van der Waals surface area contributed by atoms with E-state index in [1.165, 1.54) is 49.7 Å². The highest BCUT2D eigenvalue weighted by atomic mass is 19.1. The van der Waals surface area contributed by atoms with Crippen molar-refractivity contribution < 1.29 is 13.9 Å². The number of halogens is 1. The van der Waals surface area contributed by atoms with E-state index in [9.17, 15) is 4.39 Å². The van der Waals surface area contributed by atoms with Crippen LogP contribution >= 0.6 is 0 Å². The van der Waals surface area contributed by atoms with E-state index in [-0.39, 0.29) is 25.4 Å². The Kier molecular flexibility index (Phi) is 9.40. The van der Waals surface area contributed by atoms with Gasteiger partial charge in [0, 0.05) is 5.92 Å². The van der Waals surface area contributed by atoms with Gasteiger partial charge in [-0.3, -0.25) is 0 Å². The number of hydrogen-bond acceptors (Lipinski definition) is 2. The van der Waals surface area contributed by atoms with Crippen LogP contribution in [0.15, 0.2) is 24.3 Å². The molecule has 0 radical (unpaired) electrons. The molecular formula is C28H45FO2. The Labute approximate surface area is 190 Å². The Morgan fingerprint density at radius 3 is 2.16 bits per heavy atom. The molecule has 2 aliphatic rings. The minimum Gasteiger partial charge on any atom is -0.349 e. The number of alkyl halides is 1. The second-order valence-corrected chi connectivity index (χ2v) is 10.5. The van der Waals surface area contributed by atoms with Crippen LogP contribution in [0.5, 0.6) is 0 Å². The van der Waals surface area contributed by atoms with Crippen molar-refractivity contribution >= 4 is 0 Å². The Morgan fingerprint density at radius 1 is 0.935 bits per heavy atom. The van der Waals surface area contributed by atoms with Gasteiger partial charge in [0.25, 0.3) is 0 Å². The van der Waals surface area contributed by atoms with Crippen LogP contribution < -0.4 is 0 Å². The van der Waals surface area contributed by atoms with Gasteiger partial charge in [0.15, 0.2) is 12.0 Å². The summed E-state index contributed by atoms with van der Waals surface area (Å²) in [6.45, 7) is 9.14. The molecule has 2 fully saturated rings. The molecule has 3 rings (SSSR count). The third-order valence-corrected chi connectivity index (χ3v) is 7.75. The molecular weight excluding hydrogens is 387 g/mol. The van der Waals surface area contributed by atoms with Crippen molar-refractivity contribution in [3.05, 3.63) is 35.4 Å². The lowest BCUT2D eigenvalue weighted by molar-refractivity contribution is -0.252. The van der Waals surface area contributed by atoms with Gasteiger partial charge < -0.3 is 9.47 Å². The Morgan fingerprint density at radius 2 is 1.58 bits per heavy atom. The fraction of sp³-hybridized carbons (Fsp3) is 0.786. The highest BCUT2D eigenvalue weighted by Gasteiger charge is 2.37. The van der Waals surface area contributed by atoms with Crippen LogP contribution in [0.2, 0.25) is 0 Å². The minimum atomic E-state index is -1.30. The molecule has 3 heteroatoms. The zero-order chi connectivity index (χ0) is 22.3. The summed E-state index contributed by atoms with van der Waals surface area (Å²) in [5, 5.41) is 0.